The smallest absolute Gasteiger partial charge is 0.320 e. The van der Waals surface area contributed by atoms with E-state index in [0.29, 0.717) is 36.6 Å². The second-order valence-corrected chi connectivity index (χ2v) is 6.72. The number of furan rings is 1. The SMILES string of the molecule is CCOC(=O)CN(Cc1ccccc1)Cc1nc2c(oc3ccccc32)c(=O)[nH]1. The van der Waals surface area contributed by atoms with Crippen molar-refractivity contribution in [2.45, 2.75) is 20.0 Å². The number of benzene rings is 2. The molecule has 4 rings (SSSR count). The minimum absolute atomic E-state index is 0.0939. The van der Waals surface area contributed by atoms with Crippen molar-refractivity contribution in [2.75, 3.05) is 13.2 Å². The third-order valence-electron chi connectivity index (χ3n) is 4.56. The van der Waals surface area contributed by atoms with Crippen LogP contribution < -0.4 is 5.56 Å². The summed E-state index contributed by atoms with van der Waals surface area (Å²) in [7, 11) is 0. The van der Waals surface area contributed by atoms with Gasteiger partial charge in [0.15, 0.2) is 0 Å². The molecule has 4 aromatic rings. The average molecular weight is 391 g/mol. The van der Waals surface area contributed by atoms with Gasteiger partial charge in [0.25, 0.3) is 5.56 Å². The summed E-state index contributed by atoms with van der Waals surface area (Å²) in [6.07, 6.45) is 0. The fourth-order valence-electron chi connectivity index (χ4n) is 3.33. The van der Waals surface area contributed by atoms with E-state index in [1.807, 2.05) is 53.4 Å². The predicted octanol–water partition coefficient (Wildman–Crippen LogP) is 3.23. The molecule has 2 heterocycles. The Hall–Kier alpha value is -3.45. The number of para-hydroxylation sites is 1. The number of aromatic amines is 1. The van der Waals surface area contributed by atoms with Crippen molar-refractivity contribution < 1.29 is 13.9 Å². The van der Waals surface area contributed by atoms with Crippen LogP contribution >= 0.6 is 0 Å². The summed E-state index contributed by atoms with van der Waals surface area (Å²) in [4.78, 5) is 33.9. The predicted molar refractivity (Wildman–Crippen MR) is 109 cm³/mol. The topological polar surface area (TPSA) is 88.4 Å². The van der Waals surface area contributed by atoms with E-state index < -0.39 is 0 Å². The highest BCUT2D eigenvalue weighted by molar-refractivity contribution is 6.01. The number of ether oxygens (including phenoxy) is 1. The molecule has 148 valence electrons. The van der Waals surface area contributed by atoms with Gasteiger partial charge in [0, 0.05) is 11.9 Å². The summed E-state index contributed by atoms with van der Waals surface area (Å²) in [5.74, 6) is 0.148. The third kappa shape index (κ3) is 4.20. The minimum Gasteiger partial charge on any atom is -0.465 e. The van der Waals surface area contributed by atoms with E-state index in [1.54, 1.807) is 13.0 Å². The molecule has 0 atom stereocenters. The highest BCUT2D eigenvalue weighted by Gasteiger charge is 2.17. The third-order valence-corrected chi connectivity index (χ3v) is 4.56. The van der Waals surface area contributed by atoms with Gasteiger partial charge in [-0.3, -0.25) is 14.5 Å². The van der Waals surface area contributed by atoms with E-state index >= 15 is 0 Å². The fourth-order valence-corrected chi connectivity index (χ4v) is 3.33. The molecule has 7 heteroatoms. The van der Waals surface area contributed by atoms with Gasteiger partial charge in [-0.15, -0.1) is 0 Å². The van der Waals surface area contributed by atoms with Gasteiger partial charge in [0.2, 0.25) is 5.58 Å². The van der Waals surface area contributed by atoms with Gasteiger partial charge in [-0.1, -0.05) is 42.5 Å². The zero-order valence-corrected chi connectivity index (χ0v) is 16.1. The van der Waals surface area contributed by atoms with Gasteiger partial charge in [-0.2, -0.15) is 0 Å². The summed E-state index contributed by atoms with van der Waals surface area (Å²) >= 11 is 0. The molecule has 0 radical (unpaired) electrons. The number of fused-ring (bicyclic) bond motifs is 3. The fraction of sp³-hybridized carbons (Fsp3) is 0.227. The molecule has 7 nitrogen and oxygen atoms in total. The van der Waals surface area contributed by atoms with Crippen LogP contribution in [-0.2, 0) is 22.6 Å². The molecule has 0 unspecified atom stereocenters. The van der Waals surface area contributed by atoms with E-state index in [4.69, 9.17) is 9.15 Å². The van der Waals surface area contributed by atoms with Crippen molar-refractivity contribution in [3.8, 4) is 0 Å². The van der Waals surface area contributed by atoms with Crippen molar-refractivity contribution in [3.05, 3.63) is 76.3 Å². The first kappa shape index (κ1) is 18.9. The first-order chi connectivity index (χ1) is 14.1. The second-order valence-electron chi connectivity index (χ2n) is 6.72. The summed E-state index contributed by atoms with van der Waals surface area (Å²) in [5.41, 5.74) is 2.06. The largest absolute Gasteiger partial charge is 0.465 e. The average Bonchev–Trinajstić information content (AvgIpc) is 3.08. The molecule has 0 amide bonds. The normalized spacial score (nSPS) is 11.4. The molecular formula is C22H21N3O4. The Morgan fingerprint density at radius 3 is 2.66 bits per heavy atom. The number of aromatic nitrogens is 2. The van der Waals surface area contributed by atoms with Gasteiger partial charge < -0.3 is 14.1 Å². The van der Waals surface area contributed by atoms with E-state index in [0.717, 1.165) is 10.9 Å². The van der Waals surface area contributed by atoms with Gasteiger partial charge in [-0.05, 0) is 24.6 Å². The number of rotatable bonds is 7. The molecule has 29 heavy (non-hydrogen) atoms. The molecule has 0 aliphatic carbocycles. The number of hydrogen-bond donors (Lipinski definition) is 1. The second kappa shape index (κ2) is 8.28. The van der Waals surface area contributed by atoms with Crippen LogP contribution in [0.1, 0.15) is 18.3 Å². The monoisotopic (exact) mass is 391 g/mol. The number of nitrogens with zero attached hydrogens (tertiary/aromatic N) is 2. The Kier molecular flexibility index (Phi) is 5.39. The van der Waals surface area contributed by atoms with Gasteiger partial charge in [0.1, 0.15) is 16.9 Å². The lowest BCUT2D eigenvalue weighted by Crippen LogP contribution is -2.31. The van der Waals surface area contributed by atoms with E-state index in [9.17, 15) is 9.59 Å². The Labute approximate surface area is 166 Å². The van der Waals surface area contributed by atoms with Crippen molar-refractivity contribution in [1.29, 1.82) is 0 Å². The minimum atomic E-state index is -0.336. The van der Waals surface area contributed by atoms with Crippen molar-refractivity contribution >= 4 is 28.0 Å². The van der Waals surface area contributed by atoms with Crippen LogP contribution in [0.2, 0.25) is 0 Å². The van der Waals surface area contributed by atoms with Crippen LogP contribution in [0.5, 0.6) is 0 Å². The Balaban J connectivity index is 1.66. The van der Waals surface area contributed by atoms with E-state index in [-0.39, 0.29) is 23.7 Å². The number of nitrogens with one attached hydrogen (secondary N) is 1. The number of carbonyl (C=O) groups is 1. The zero-order chi connectivity index (χ0) is 20.2. The van der Waals surface area contributed by atoms with Crippen molar-refractivity contribution in [2.24, 2.45) is 0 Å². The number of carbonyl (C=O) groups excluding carboxylic acids is 1. The number of hydrogen-bond acceptors (Lipinski definition) is 6. The van der Waals surface area contributed by atoms with E-state index in [1.165, 1.54) is 0 Å². The summed E-state index contributed by atoms with van der Waals surface area (Å²) in [5, 5.41) is 0.787. The maximum Gasteiger partial charge on any atom is 0.320 e. The quantitative estimate of drug-likeness (QED) is 0.487. The molecule has 0 aliphatic heterocycles. The van der Waals surface area contributed by atoms with E-state index in [2.05, 4.69) is 9.97 Å². The Morgan fingerprint density at radius 1 is 1.10 bits per heavy atom. The van der Waals surface area contributed by atoms with Crippen LogP contribution in [-0.4, -0.2) is 34.0 Å². The lowest BCUT2D eigenvalue weighted by Gasteiger charge is -2.20. The highest BCUT2D eigenvalue weighted by atomic mass is 16.5. The molecule has 0 fully saturated rings. The Morgan fingerprint density at radius 2 is 1.86 bits per heavy atom. The summed E-state index contributed by atoms with van der Waals surface area (Å²) in [6.45, 7) is 3.00. The molecule has 0 spiro atoms. The molecule has 0 bridgehead atoms. The van der Waals surface area contributed by atoms with Crippen LogP contribution in [0.4, 0.5) is 0 Å². The van der Waals surface area contributed by atoms with Gasteiger partial charge in [-0.25, -0.2) is 4.98 Å². The maximum absolute atomic E-state index is 12.5. The van der Waals surface area contributed by atoms with Crippen molar-refractivity contribution in [3.63, 3.8) is 0 Å². The highest BCUT2D eigenvalue weighted by Crippen LogP contribution is 2.24. The first-order valence-corrected chi connectivity index (χ1v) is 9.46. The molecule has 1 N–H and O–H groups in total. The lowest BCUT2D eigenvalue weighted by molar-refractivity contribution is -0.144. The molecule has 0 saturated heterocycles. The summed E-state index contributed by atoms with van der Waals surface area (Å²) in [6, 6.07) is 17.2. The molecule has 2 aromatic carbocycles. The van der Waals surface area contributed by atoms with Gasteiger partial charge in [0.05, 0.1) is 19.7 Å². The van der Waals surface area contributed by atoms with Gasteiger partial charge >= 0.3 is 5.97 Å². The molecule has 2 aromatic heterocycles. The first-order valence-electron chi connectivity index (χ1n) is 9.46. The Bertz CT molecular complexity index is 1200. The van der Waals surface area contributed by atoms with Crippen molar-refractivity contribution in [1.82, 2.24) is 14.9 Å². The van der Waals surface area contributed by atoms with Crippen LogP contribution in [0.3, 0.4) is 0 Å². The lowest BCUT2D eigenvalue weighted by atomic mass is 10.2. The molecule has 0 saturated carbocycles. The van der Waals surface area contributed by atoms with Crippen LogP contribution in [0, 0.1) is 0 Å². The zero-order valence-electron chi connectivity index (χ0n) is 16.1. The van der Waals surface area contributed by atoms with Crippen LogP contribution in [0.15, 0.2) is 63.8 Å². The maximum atomic E-state index is 12.5. The number of esters is 1. The molecule has 0 aliphatic rings. The molecular weight excluding hydrogens is 370 g/mol. The van der Waals surface area contributed by atoms with Crippen LogP contribution in [0.25, 0.3) is 22.1 Å². The standard InChI is InChI=1S/C22H21N3O4/c1-2-28-19(26)14-25(12-15-8-4-3-5-9-15)13-18-23-20-16-10-6-7-11-17(16)29-21(20)22(27)24-18/h3-11H,2,12-14H2,1H3,(H,23,24,27). The summed E-state index contributed by atoms with van der Waals surface area (Å²) < 4.78 is 10.7. The number of H-pyrrole nitrogens is 1.